The Hall–Kier alpha value is -0.310. The lowest BCUT2D eigenvalue weighted by molar-refractivity contribution is 0.156. The Morgan fingerprint density at radius 2 is 2.19 bits per heavy atom. The van der Waals surface area contributed by atoms with Crippen molar-refractivity contribution in [1.29, 1.82) is 0 Å². The average Bonchev–Trinajstić information content (AvgIpc) is 2.19. The molecule has 2 rings (SSSR count). The minimum absolute atomic E-state index is 0. The number of pyridine rings is 1. The first-order chi connectivity index (χ1) is 7.18. The van der Waals surface area contributed by atoms with E-state index in [1.807, 2.05) is 18.3 Å². The molecular formula is C12H18Cl2N2. The Morgan fingerprint density at radius 1 is 1.44 bits per heavy atom. The molecule has 4 heteroatoms. The van der Waals surface area contributed by atoms with Gasteiger partial charge in [-0.25, -0.2) is 4.98 Å². The van der Waals surface area contributed by atoms with Crippen molar-refractivity contribution < 1.29 is 0 Å². The van der Waals surface area contributed by atoms with Gasteiger partial charge in [0.1, 0.15) is 5.15 Å². The number of aromatic nitrogens is 1. The normalized spacial score (nSPS) is 17.4. The highest BCUT2D eigenvalue weighted by Crippen LogP contribution is 2.39. The van der Waals surface area contributed by atoms with Crippen LogP contribution in [0.15, 0.2) is 18.3 Å². The second-order valence-corrected chi connectivity index (χ2v) is 5.14. The summed E-state index contributed by atoms with van der Waals surface area (Å²) in [7, 11) is 0. The van der Waals surface area contributed by atoms with Gasteiger partial charge >= 0.3 is 0 Å². The van der Waals surface area contributed by atoms with Gasteiger partial charge in [0.25, 0.3) is 0 Å². The molecule has 0 radical (unpaired) electrons. The maximum absolute atomic E-state index is 5.72. The van der Waals surface area contributed by atoms with Crippen LogP contribution in [0.1, 0.15) is 31.7 Å². The van der Waals surface area contributed by atoms with E-state index < -0.39 is 0 Å². The highest BCUT2D eigenvalue weighted by Gasteiger charge is 2.30. The van der Waals surface area contributed by atoms with Gasteiger partial charge in [0.05, 0.1) is 0 Å². The van der Waals surface area contributed by atoms with Crippen molar-refractivity contribution in [2.75, 3.05) is 6.54 Å². The molecule has 0 aliphatic heterocycles. The van der Waals surface area contributed by atoms with Gasteiger partial charge in [-0.05, 0) is 29.9 Å². The molecule has 0 saturated heterocycles. The standard InChI is InChI=1S/C12H17ClN2.ClH/c1-12(5-2-6-12)9-14-7-10-3-4-11(13)15-8-10;/h3-4,8,14H,2,5-7,9H2,1H3;1H. The van der Waals surface area contributed by atoms with Crippen molar-refractivity contribution in [2.45, 2.75) is 32.7 Å². The van der Waals surface area contributed by atoms with E-state index in [4.69, 9.17) is 11.6 Å². The molecule has 0 aromatic carbocycles. The summed E-state index contributed by atoms with van der Waals surface area (Å²) in [5.74, 6) is 0. The largest absolute Gasteiger partial charge is 0.312 e. The summed E-state index contributed by atoms with van der Waals surface area (Å²) in [4.78, 5) is 4.05. The Morgan fingerprint density at radius 3 is 2.69 bits per heavy atom. The maximum Gasteiger partial charge on any atom is 0.129 e. The lowest BCUT2D eigenvalue weighted by Crippen LogP contribution is -2.36. The van der Waals surface area contributed by atoms with Gasteiger partial charge < -0.3 is 5.32 Å². The number of hydrogen-bond donors (Lipinski definition) is 1. The van der Waals surface area contributed by atoms with E-state index in [9.17, 15) is 0 Å². The molecule has 90 valence electrons. The molecule has 0 amide bonds. The Kier molecular flexibility index (Phi) is 5.03. The SMILES string of the molecule is CC1(CNCc2ccc(Cl)nc2)CCC1.Cl. The summed E-state index contributed by atoms with van der Waals surface area (Å²) in [5, 5.41) is 4.04. The highest BCUT2D eigenvalue weighted by molar-refractivity contribution is 6.29. The van der Waals surface area contributed by atoms with Gasteiger partial charge in [-0.3, -0.25) is 0 Å². The van der Waals surface area contributed by atoms with Gasteiger partial charge in [-0.2, -0.15) is 0 Å². The van der Waals surface area contributed by atoms with Crippen LogP contribution < -0.4 is 5.32 Å². The van der Waals surface area contributed by atoms with Crippen LogP contribution in [0.25, 0.3) is 0 Å². The predicted octanol–water partition coefficient (Wildman–Crippen LogP) is 3.44. The third-order valence-corrected chi connectivity index (χ3v) is 3.45. The molecule has 1 saturated carbocycles. The minimum atomic E-state index is 0. The summed E-state index contributed by atoms with van der Waals surface area (Å²) < 4.78 is 0. The molecule has 1 aliphatic rings. The Balaban J connectivity index is 0.00000128. The number of hydrogen-bond acceptors (Lipinski definition) is 2. The fourth-order valence-corrected chi connectivity index (χ4v) is 2.09. The zero-order chi connectivity index (χ0) is 10.7. The van der Waals surface area contributed by atoms with Crippen molar-refractivity contribution in [3.63, 3.8) is 0 Å². The number of nitrogens with zero attached hydrogens (tertiary/aromatic N) is 1. The first-order valence-corrected chi connectivity index (χ1v) is 5.87. The first kappa shape index (κ1) is 13.8. The second-order valence-electron chi connectivity index (χ2n) is 4.76. The quantitative estimate of drug-likeness (QED) is 0.840. The summed E-state index contributed by atoms with van der Waals surface area (Å²) in [5.41, 5.74) is 1.74. The molecule has 16 heavy (non-hydrogen) atoms. The van der Waals surface area contributed by atoms with Crippen molar-refractivity contribution in [1.82, 2.24) is 10.3 Å². The van der Waals surface area contributed by atoms with Gasteiger partial charge in [-0.1, -0.05) is 31.0 Å². The van der Waals surface area contributed by atoms with E-state index in [-0.39, 0.29) is 12.4 Å². The fraction of sp³-hybridized carbons (Fsp3) is 0.583. The summed E-state index contributed by atoms with van der Waals surface area (Å²) in [6.45, 7) is 4.35. The molecule has 1 aromatic heterocycles. The zero-order valence-electron chi connectivity index (χ0n) is 9.50. The van der Waals surface area contributed by atoms with Crippen LogP contribution in [0, 0.1) is 5.41 Å². The van der Waals surface area contributed by atoms with E-state index in [0.717, 1.165) is 13.1 Å². The monoisotopic (exact) mass is 260 g/mol. The van der Waals surface area contributed by atoms with Crippen molar-refractivity contribution in [3.8, 4) is 0 Å². The topological polar surface area (TPSA) is 24.9 Å². The summed E-state index contributed by atoms with van der Waals surface area (Å²) >= 11 is 5.72. The van der Waals surface area contributed by atoms with E-state index in [1.54, 1.807) is 0 Å². The smallest absolute Gasteiger partial charge is 0.129 e. The molecule has 0 bridgehead atoms. The zero-order valence-corrected chi connectivity index (χ0v) is 11.1. The molecule has 0 atom stereocenters. The van der Waals surface area contributed by atoms with Gasteiger partial charge in [0, 0.05) is 19.3 Å². The van der Waals surface area contributed by atoms with Crippen LogP contribution in [0.3, 0.4) is 0 Å². The molecule has 2 nitrogen and oxygen atoms in total. The summed E-state index contributed by atoms with van der Waals surface area (Å²) in [6.07, 6.45) is 5.94. The lowest BCUT2D eigenvalue weighted by atomic mass is 9.70. The van der Waals surface area contributed by atoms with Crippen LogP contribution in [-0.2, 0) is 6.54 Å². The van der Waals surface area contributed by atoms with Crippen LogP contribution >= 0.6 is 24.0 Å². The van der Waals surface area contributed by atoms with E-state index in [1.165, 1.54) is 24.8 Å². The van der Waals surface area contributed by atoms with Crippen LogP contribution in [0.2, 0.25) is 5.15 Å². The molecule has 1 heterocycles. The summed E-state index contributed by atoms with van der Waals surface area (Å²) in [6, 6.07) is 3.86. The van der Waals surface area contributed by atoms with E-state index in [0.29, 0.717) is 10.6 Å². The first-order valence-electron chi connectivity index (χ1n) is 5.49. The molecule has 0 spiro atoms. The van der Waals surface area contributed by atoms with Gasteiger partial charge in [-0.15, -0.1) is 12.4 Å². The minimum Gasteiger partial charge on any atom is -0.312 e. The Bertz CT molecular complexity index is 320. The molecular weight excluding hydrogens is 243 g/mol. The molecule has 1 N–H and O–H groups in total. The highest BCUT2D eigenvalue weighted by atomic mass is 35.5. The number of nitrogens with one attached hydrogen (secondary N) is 1. The van der Waals surface area contributed by atoms with Crippen LogP contribution in [0.4, 0.5) is 0 Å². The van der Waals surface area contributed by atoms with Gasteiger partial charge in [0.2, 0.25) is 0 Å². The molecule has 1 fully saturated rings. The fourth-order valence-electron chi connectivity index (χ4n) is 1.98. The van der Waals surface area contributed by atoms with Crippen LogP contribution in [-0.4, -0.2) is 11.5 Å². The number of halogens is 2. The van der Waals surface area contributed by atoms with E-state index in [2.05, 4.69) is 17.2 Å². The van der Waals surface area contributed by atoms with Crippen molar-refractivity contribution in [2.24, 2.45) is 5.41 Å². The molecule has 0 unspecified atom stereocenters. The van der Waals surface area contributed by atoms with Crippen LogP contribution in [0.5, 0.6) is 0 Å². The Labute approximate surface area is 108 Å². The van der Waals surface area contributed by atoms with Crippen molar-refractivity contribution in [3.05, 3.63) is 29.0 Å². The lowest BCUT2D eigenvalue weighted by Gasteiger charge is -2.38. The predicted molar refractivity (Wildman–Crippen MR) is 70.2 cm³/mol. The second kappa shape index (κ2) is 5.85. The number of rotatable bonds is 4. The average molecular weight is 261 g/mol. The van der Waals surface area contributed by atoms with E-state index >= 15 is 0 Å². The van der Waals surface area contributed by atoms with Crippen molar-refractivity contribution >= 4 is 24.0 Å². The molecule has 1 aliphatic carbocycles. The maximum atomic E-state index is 5.72. The molecule has 1 aromatic rings. The third kappa shape index (κ3) is 3.62. The van der Waals surface area contributed by atoms with Gasteiger partial charge in [0.15, 0.2) is 0 Å². The third-order valence-electron chi connectivity index (χ3n) is 3.23.